The number of aliphatic hydroxyl groups is 1. The molecule has 0 spiro atoms. The van der Waals surface area contributed by atoms with Gasteiger partial charge in [0.05, 0.1) is 13.2 Å². The number of nitrogens with two attached hydrogens (primary N) is 1. The number of nitrogens with zero attached hydrogens (tertiary/aromatic N) is 1. The number of furan rings is 1. The maximum absolute atomic E-state index is 11.3. The first kappa shape index (κ1) is 13.7. The molecule has 0 aliphatic heterocycles. The van der Waals surface area contributed by atoms with Crippen molar-refractivity contribution in [3.8, 4) is 0 Å². The van der Waals surface area contributed by atoms with E-state index in [1.54, 1.807) is 6.92 Å². The SMILES string of the molecule is CCN(CCO)Cc1cc(C)c(C(=O)NN)o1. The van der Waals surface area contributed by atoms with Gasteiger partial charge in [-0.3, -0.25) is 15.1 Å². The normalized spacial score (nSPS) is 10.9. The summed E-state index contributed by atoms with van der Waals surface area (Å²) in [6.07, 6.45) is 0. The molecule has 0 saturated heterocycles. The molecule has 0 bridgehead atoms. The fourth-order valence-electron chi connectivity index (χ4n) is 1.63. The second kappa shape index (κ2) is 6.39. The van der Waals surface area contributed by atoms with Crippen molar-refractivity contribution in [3.05, 3.63) is 23.2 Å². The number of aliphatic hydroxyl groups excluding tert-OH is 1. The van der Waals surface area contributed by atoms with Crippen LogP contribution in [0, 0.1) is 6.92 Å². The van der Waals surface area contributed by atoms with Crippen molar-refractivity contribution >= 4 is 5.91 Å². The lowest BCUT2D eigenvalue weighted by molar-refractivity contribution is 0.0920. The number of amides is 1. The molecule has 1 aromatic rings. The minimum absolute atomic E-state index is 0.101. The van der Waals surface area contributed by atoms with Gasteiger partial charge in [0.1, 0.15) is 5.76 Å². The van der Waals surface area contributed by atoms with Gasteiger partial charge in [-0.25, -0.2) is 5.84 Å². The smallest absolute Gasteiger partial charge is 0.301 e. The number of nitrogens with one attached hydrogen (secondary N) is 1. The van der Waals surface area contributed by atoms with E-state index < -0.39 is 5.91 Å². The highest BCUT2D eigenvalue weighted by Crippen LogP contribution is 2.16. The van der Waals surface area contributed by atoms with Crippen LogP contribution in [-0.2, 0) is 6.54 Å². The molecule has 0 aliphatic carbocycles. The molecule has 96 valence electrons. The van der Waals surface area contributed by atoms with E-state index in [4.69, 9.17) is 15.4 Å². The fraction of sp³-hybridized carbons (Fsp3) is 0.545. The van der Waals surface area contributed by atoms with Crippen molar-refractivity contribution in [3.63, 3.8) is 0 Å². The molecular weight excluding hydrogens is 222 g/mol. The molecule has 6 nitrogen and oxygen atoms in total. The molecule has 0 fully saturated rings. The molecular formula is C11H19N3O3. The number of nitrogen functional groups attached to an aromatic ring is 1. The number of aryl methyl sites for hydroxylation is 1. The van der Waals surface area contributed by atoms with Crippen molar-refractivity contribution in [2.45, 2.75) is 20.4 Å². The van der Waals surface area contributed by atoms with Crippen molar-refractivity contribution in [2.75, 3.05) is 19.7 Å². The van der Waals surface area contributed by atoms with Gasteiger partial charge in [-0.15, -0.1) is 0 Å². The molecule has 4 N–H and O–H groups in total. The minimum atomic E-state index is -0.432. The largest absolute Gasteiger partial charge is 0.454 e. The molecule has 0 unspecified atom stereocenters. The third-order valence-electron chi connectivity index (χ3n) is 2.55. The van der Waals surface area contributed by atoms with Gasteiger partial charge in [-0.05, 0) is 19.5 Å². The van der Waals surface area contributed by atoms with E-state index in [0.29, 0.717) is 18.8 Å². The van der Waals surface area contributed by atoms with Crippen LogP contribution in [-0.4, -0.2) is 35.6 Å². The second-order valence-electron chi connectivity index (χ2n) is 3.79. The number of likely N-dealkylation sites (N-methyl/N-ethyl adjacent to an activating group) is 1. The number of carbonyl (C=O) groups excluding carboxylic acids is 1. The Bertz CT molecular complexity index is 376. The molecule has 1 aromatic heterocycles. The quantitative estimate of drug-likeness (QED) is 0.370. The summed E-state index contributed by atoms with van der Waals surface area (Å²) in [5, 5.41) is 8.88. The van der Waals surface area contributed by atoms with Gasteiger partial charge in [-0.2, -0.15) is 0 Å². The van der Waals surface area contributed by atoms with Crippen LogP contribution in [0.3, 0.4) is 0 Å². The molecule has 17 heavy (non-hydrogen) atoms. The Labute approximate surface area is 100 Å². The molecule has 1 heterocycles. The van der Waals surface area contributed by atoms with E-state index in [1.807, 2.05) is 23.3 Å². The Morgan fingerprint density at radius 1 is 1.65 bits per heavy atom. The maximum Gasteiger partial charge on any atom is 0.301 e. The zero-order valence-electron chi connectivity index (χ0n) is 10.2. The van der Waals surface area contributed by atoms with E-state index in [-0.39, 0.29) is 12.4 Å². The van der Waals surface area contributed by atoms with E-state index in [2.05, 4.69) is 0 Å². The Kier molecular flexibility index (Phi) is 5.14. The zero-order chi connectivity index (χ0) is 12.8. The van der Waals surface area contributed by atoms with Crippen LogP contribution in [0.25, 0.3) is 0 Å². The monoisotopic (exact) mass is 241 g/mol. The summed E-state index contributed by atoms with van der Waals surface area (Å²) in [7, 11) is 0. The summed E-state index contributed by atoms with van der Waals surface area (Å²) in [6, 6.07) is 1.81. The Hall–Kier alpha value is -1.37. The number of hydrogen-bond acceptors (Lipinski definition) is 5. The van der Waals surface area contributed by atoms with Crippen LogP contribution in [0.2, 0.25) is 0 Å². The average Bonchev–Trinajstić information content (AvgIpc) is 2.68. The lowest BCUT2D eigenvalue weighted by Crippen LogP contribution is -2.30. The standard InChI is InChI=1S/C11H19N3O3/c1-3-14(4-5-15)7-9-6-8(2)10(17-9)11(16)13-12/h6,15H,3-5,7,12H2,1-2H3,(H,13,16). The van der Waals surface area contributed by atoms with Gasteiger partial charge < -0.3 is 9.52 Å². The van der Waals surface area contributed by atoms with Crippen molar-refractivity contribution in [1.29, 1.82) is 0 Å². The van der Waals surface area contributed by atoms with Crippen molar-refractivity contribution in [1.82, 2.24) is 10.3 Å². The number of rotatable bonds is 6. The van der Waals surface area contributed by atoms with E-state index in [1.165, 1.54) is 0 Å². The first-order chi connectivity index (χ1) is 8.12. The number of hydrazine groups is 1. The number of carbonyl (C=O) groups is 1. The molecule has 0 aliphatic rings. The molecule has 0 aromatic carbocycles. The minimum Gasteiger partial charge on any atom is -0.454 e. The summed E-state index contributed by atoms with van der Waals surface area (Å²) in [6.45, 7) is 5.84. The Balaban J connectivity index is 2.75. The highest BCUT2D eigenvalue weighted by molar-refractivity contribution is 5.92. The lowest BCUT2D eigenvalue weighted by Gasteiger charge is -2.17. The van der Waals surface area contributed by atoms with Crippen LogP contribution >= 0.6 is 0 Å². The molecule has 0 radical (unpaired) electrons. The highest BCUT2D eigenvalue weighted by atomic mass is 16.4. The van der Waals surface area contributed by atoms with Crippen LogP contribution in [0.1, 0.15) is 28.8 Å². The van der Waals surface area contributed by atoms with Gasteiger partial charge in [0.25, 0.3) is 0 Å². The van der Waals surface area contributed by atoms with Crippen LogP contribution in [0.5, 0.6) is 0 Å². The van der Waals surface area contributed by atoms with Gasteiger partial charge in [0.15, 0.2) is 5.76 Å². The summed E-state index contributed by atoms with van der Waals surface area (Å²) in [5.74, 6) is 5.55. The lowest BCUT2D eigenvalue weighted by atomic mass is 10.2. The predicted molar refractivity (Wildman–Crippen MR) is 63.1 cm³/mol. The van der Waals surface area contributed by atoms with Crippen LogP contribution in [0.15, 0.2) is 10.5 Å². The third kappa shape index (κ3) is 3.55. The summed E-state index contributed by atoms with van der Waals surface area (Å²) in [4.78, 5) is 13.4. The van der Waals surface area contributed by atoms with Crippen LogP contribution in [0.4, 0.5) is 0 Å². The fourth-order valence-corrected chi connectivity index (χ4v) is 1.63. The van der Waals surface area contributed by atoms with E-state index in [9.17, 15) is 4.79 Å². The Morgan fingerprint density at radius 2 is 2.35 bits per heavy atom. The van der Waals surface area contributed by atoms with Crippen LogP contribution < -0.4 is 11.3 Å². The molecule has 1 amide bonds. The number of hydrogen-bond donors (Lipinski definition) is 3. The summed E-state index contributed by atoms with van der Waals surface area (Å²) >= 11 is 0. The molecule has 6 heteroatoms. The first-order valence-corrected chi connectivity index (χ1v) is 5.55. The van der Waals surface area contributed by atoms with E-state index in [0.717, 1.165) is 12.1 Å². The van der Waals surface area contributed by atoms with Gasteiger partial charge >= 0.3 is 5.91 Å². The summed E-state index contributed by atoms with van der Waals surface area (Å²) in [5.41, 5.74) is 2.79. The van der Waals surface area contributed by atoms with Gasteiger partial charge in [0.2, 0.25) is 0 Å². The van der Waals surface area contributed by atoms with Crippen molar-refractivity contribution in [2.24, 2.45) is 5.84 Å². The Morgan fingerprint density at radius 3 is 2.88 bits per heavy atom. The van der Waals surface area contributed by atoms with Crippen molar-refractivity contribution < 1.29 is 14.3 Å². The zero-order valence-corrected chi connectivity index (χ0v) is 10.2. The predicted octanol–water partition coefficient (Wildman–Crippen LogP) is 0.00572. The van der Waals surface area contributed by atoms with E-state index >= 15 is 0 Å². The highest BCUT2D eigenvalue weighted by Gasteiger charge is 2.15. The van der Waals surface area contributed by atoms with Gasteiger partial charge in [-0.1, -0.05) is 6.92 Å². The summed E-state index contributed by atoms with van der Waals surface area (Å²) < 4.78 is 5.43. The molecule has 0 atom stereocenters. The topological polar surface area (TPSA) is 91.7 Å². The average molecular weight is 241 g/mol. The third-order valence-corrected chi connectivity index (χ3v) is 2.55. The molecule has 0 saturated carbocycles. The second-order valence-corrected chi connectivity index (χ2v) is 3.79. The molecule has 1 rings (SSSR count). The maximum atomic E-state index is 11.3. The first-order valence-electron chi connectivity index (χ1n) is 5.55. The van der Waals surface area contributed by atoms with Gasteiger partial charge in [0, 0.05) is 12.1 Å².